The molecule has 2 N–H and O–H groups in total. The average Bonchev–Trinajstić information content (AvgIpc) is 3.24. The number of rotatable bonds is 6. The third-order valence-corrected chi connectivity index (χ3v) is 5.28. The van der Waals surface area contributed by atoms with E-state index in [4.69, 9.17) is 0 Å². The van der Waals surface area contributed by atoms with Gasteiger partial charge in [0.2, 0.25) is 11.8 Å². The number of carbonyl (C=O) groups excluding carboxylic acids is 3. The van der Waals surface area contributed by atoms with E-state index in [1.807, 2.05) is 49.1 Å². The molecule has 2 aromatic rings. The molecule has 3 amide bonds. The van der Waals surface area contributed by atoms with Crippen LogP contribution in [-0.2, 0) is 16.1 Å². The highest BCUT2D eigenvalue weighted by Crippen LogP contribution is 2.18. The Balaban J connectivity index is 1.47. The molecule has 3 rings (SSSR count). The van der Waals surface area contributed by atoms with E-state index >= 15 is 0 Å². The summed E-state index contributed by atoms with van der Waals surface area (Å²) in [4.78, 5) is 38.4. The normalized spacial score (nSPS) is 13.2. The van der Waals surface area contributed by atoms with Crippen molar-refractivity contribution < 1.29 is 14.4 Å². The van der Waals surface area contributed by atoms with Gasteiger partial charge in [-0.2, -0.15) is 0 Å². The van der Waals surface area contributed by atoms with Crippen molar-refractivity contribution in [1.82, 2.24) is 10.2 Å². The highest BCUT2D eigenvalue weighted by atomic mass is 16.2. The Kier molecular flexibility index (Phi) is 6.65. The molecule has 6 nitrogen and oxygen atoms in total. The van der Waals surface area contributed by atoms with E-state index in [1.54, 1.807) is 12.1 Å². The van der Waals surface area contributed by atoms with Crippen LogP contribution < -0.4 is 10.6 Å². The molecule has 152 valence electrons. The van der Waals surface area contributed by atoms with Gasteiger partial charge in [0.25, 0.3) is 5.91 Å². The molecule has 2 aromatic carbocycles. The zero-order valence-electron chi connectivity index (χ0n) is 17.0. The number of likely N-dealkylation sites (tertiary alicyclic amines) is 1. The lowest BCUT2D eigenvalue weighted by molar-refractivity contribution is -0.126. The lowest BCUT2D eigenvalue weighted by Crippen LogP contribution is -2.28. The maximum absolute atomic E-state index is 12.4. The first-order chi connectivity index (χ1) is 13.9. The van der Waals surface area contributed by atoms with Crippen LogP contribution in [0.5, 0.6) is 0 Å². The maximum Gasteiger partial charge on any atom is 0.253 e. The number of carbonyl (C=O) groups is 3. The summed E-state index contributed by atoms with van der Waals surface area (Å²) in [6.07, 6.45) is 1.89. The predicted octanol–water partition coefficient (Wildman–Crippen LogP) is 3.18. The van der Waals surface area contributed by atoms with Gasteiger partial charge in [0.1, 0.15) is 6.42 Å². The van der Waals surface area contributed by atoms with Crippen molar-refractivity contribution >= 4 is 23.4 Å². The van der Waals surface area contributed by atoms with Crippen LogP contribution in [0.3, 0.4) is 0 Å². The van der Waals surface area contributed by atoms with Gasteiger partial charge in [0.15, 0.2) is 0 Å². The number of nitrogens with zero attached hydrogens (tertiary/aromatic N) is 1. The molecule has 1 heterocycles. The Hall–Kier alpha value is -3.15. The summed E-state index contributed by atoms with van der Waals surface area (Å²) in [5.74, 6) is -0.631. The highest BCUT2D eigenvalue weighted by Gasteiger charge is 2.19. The summed E-state index contributed by atoms with van der Waals surface area (Å²) in [6.45, 7) is 5.86. The van der Waals surface area contributed by atoms with Crippen molar-refractivity contribution in [1.29, 1.82) is 0 Å². The number of amides is 3. The minimum atomic E-state index is -0.345. The Morgan fingerprint density at radius 3 is 2.31 bits per heavy atom. The van der Waals surface area contributed by atoms with E-state index < -0.39 is 0 Å². The van der Waals surface area contributed by atoms with Crippen LogP contribution in [0.15, 0.2) is 42.5 Å². The summed E-state index contributed by atoms with van der Waals surface area (Å²) in [5.41, 5.74) is 4.34. The third-order valence-electron chi connectivity index (χ3n) is 5.28. The molecule has 1 aliphatic heterocycles. The van der Waals surface area contributed by atoms with Crippen LogP contribution in [0.1, 0.15) is 46.3 Å². The smallest absolute Gasteiger partial charge is 0.253 e. The van der Waals surface area contributed by atoms with Crippen molar-refractivity contribution in [2.75, 3.05) is 18.4 Å². The number of hydrogen-bond acceptors (Lipinski definition) is 3. The summed E-state index contributed by atoms with van der Waals surface area (Å²) >= 11 is 0. The Morgan fingerprint density at radius 2 is 1.62 bits per heavy atom. The Morgan fingerprint density at radius 1 is 0.931 bits per heavy atom. The van der Waals surface area contributed by atoms with Gasteiger partial charge in [-0.1, -0.05) is 24.3 Å². The second kappa shape index (κ2) is 9.37. The van der Waals surface area contributed by atoms with E-state index in [-0.39, 0.29) is 24.1 Å². The third kappa shape index (κ3) is 5.44. The molecule has 29 heavy (non-hydrogen) atoms. The Bertz CT molecular complexity index is 900. The molecule has 0 aromatic heterocycles. The molecule has 0 radical (unpaired) electrons. The molecule has 0 atom stereocenters. The van der Waals surface area contributed by atoms with E-state index in [1.165, 1.54) is 0 Å². The van der Waals surface area contributed by atoms with Crippen molar-refractivity contribution in [2.45, 2.75) is 39.7 Å². The number of aryl methyl sites for hydroxylation is 1. The first-order valence-corrected chi connectivity index (χ1v) is 9.95. The first-order valence-electron chi connectivity index (χ1n) is 9.95. The zero-order chi connectivity index (χ0) is 20.8. The van der Waals surface area contributed by atoms with Gasteiger partial charge in [-0.15, -0.1) is 0 Å². The van der Waals surface area contributed by atoms with Crippen molar-refractivity contribution in [3.05, 3.63) is 64.7 Å². The summed E-state index contributed by atoms with van der Waals surface area (Å²) in [5, 5.41) is 5.54. The molecule has 0 spiro atoms. The summed E-state index contributed by atoms with van der Waals surface area (Å²) in [7, 11) is 0. The van der Waals surface area contributed by atoms with Crippen LogP contribution >= 0.6 is 0 Å². The van der Waals surface area contributed by atoms with Crippen LogP contribution in [0, 0.1) is 13.8 Å². The largest absolute Gasteiger partial charge is 0.352 e. The van der Waals surface area contributed by atoms with Gasteiger partial charge in [0, 0.05) is 30.9 Å². The fraction of sp³-hybridized carbons (Fsp3) is 0.348. The van der Waals surface area contributed by atoms with Gasteiger partial charge in [-0.25, -0.2) is 0 Å². The van der Waals surface area contributed by atoms with E-state index in [0.717, 1.165) is 48.3 Å². The Labute approximate surface area is 171 Å². The minimum absolute atomic E-state index is 0.0567. The van der Waals surface area contributed by atoms with Crippen molar-refractivity contribution in [2.24, 2.45) is 0 Å². The number of nitrogens with one attached hydrogen (secondary N) is 2. The van der Waals surface area contributed by atoms with Crippen molar-refractivity contribution in [3.8, 4) is 0 Å². The van der Waals surface area contributed by atoms with E-state index in [2.05, 4.69) is 10.6 Å². The number of anilines is 1. The van der Waals surface area contributed by atoms with Gasteiger partial charge < -0.3 is 15.5 Å². The number of hydrogen-bond donors (Lipinski definition) is 2. The van der Waals surface area contributed by atoms with Gasteiger partial charge in [-0.3, -0.25) is 14.4 Å². The lowest BCUT2D eigenvalue weighted by Gasteiger charge is -2.15. The molecule has 0 aliphatic carbocycles. The highest BCUT2D eigenvalue weighted by molar-refractivity contribution is 6.03. The first kappa shape index (κ1) is 20.6. The van der Waals surface area contributed by atoms with Crippen molar-refractivity contribution in [3.63, 3.8) is 0 Å². The molecule has 1 fully saturated rings. The van der Waals surface area contributed by atoms with E-state index in [9.17, 15) is 14.4 Å². The summed E-state index contributed by atoms with van der Waals surface area (Å²) in [6, 6.07) is 12.9. The lowest BCUT2D eigenvalue weighted by atomic mass is 10.1. The average molecular weight is 393 g/mol. The van der Waals surface area contributed by atoms with Crippen LogP contribution in [0.4, 0.5) is 5.69 Å². The van der Waals surface area contributed by atoms with Crippen LogP contribution in [-0.4, -0.2) is 35.7 Å². The standard InChI is InChI=1S/C23H27N3O3/c1-16-6-5-7-20(17(16)2)25-22(28)14-21(27)24-15-18-8-10-19(11-9-18)23(29)26-12-3-4-13-26/h5-11H,3-4,12-15H2,1-2H3,(H,24,27)(H,25,28). The second-order valence-corrected chi connectivity index (χ2v) is 7.45. The van der Waals surface area contributed by atoms with Gasteiger partial charge in [0.05, 0.1) is 0 Å². The second-order valence-electron chi connectivity index (χ2n) is 7.45. The topological polar surface area (TPSA) is 78.5 Å². The minimum Gasteiger partial charge on any atom is -0.352 e. The number of benzene rings is 2. The van der Waals surface area contributed by atoms with Crippen LogP contribution in [0.2, 0.25) is 0 Å². The SMILES string of the molecule is Cc1cccc(NC(=O)CC(=O)NCc2ccc(C(=O)N3CCCC3)cc2)c1C. The fourth-order valence-electron chi connectivity index (χ4n) is 3.36. The zero-order valence-corrected chi connectivity index (χ0v) is 17.0. The summed E-state index contributed by atoms with van der Waals surface area (Å²) < 4.78 is 0. The predicted molar refractivity (Wildman–Crippen MR) is 113 cm³/mol. The van der Waals surface area contributed by atoms with Gasteiger partial charge >= 0.3 is 0 Å². The molecule has 6 heteroatoms. The fourth-order valence-corrected chi connectivity index (χ4v) is 3.36. The molecular formula is C23H27N3O3. The molecule has 1 aliphatic rings. The molecule has 0 unspecified atom stereocenters. The molecule has 0 saturated carbocycles. The quantitative estimate of drug-likeness (QED) is 0.740. The molecular weight excluding hydrogens is 366 g/mol. The maximum atomic E-state index is 12.4. The molecule has 0 bridgehead atoms. The van der Waals surface area contributed by atoms with Crippen LogP contribution in [0.25, 0.3) is 0 Å². The van der Waals surface area contributed by atoms with Gasteiger partial charge in [-0.05, 0) is 61.6 Å². The monoisotopic (exact) mass is 393 g/mol. The van der Waals surface area contributed by atoms with E-state index in [0.29, 0.717) is 12.1 Å². The molecule has 1 saturated heterocycles.